The fourth-order valence-corrected chi connectivity index (χ4v) is 2.14. The number of Topliss-reactive ketones (excluding diaryl/α,β-unsaturated/α-hetero) is 1. The Bertz CT molecular complexity index is 346. The molecule has 1 aliphatic carbocycles. The number of anilines is 1. The first-order valence-corrected chi connectivity index (χ1v) is 5.16. The maximum Gasteiger partial charge on any atom is 0.140 e. The molecular weight excluding hydrogens is 174 g/mol. The Kier molecular flexibility index (Phi) is 2.53. The zero-order chi connectivity index (χ0) is 9.97. The molecule has 1 unspecified atom stereocenters. The van der Waals surface area contributed by atoms with Crippen molar-refractivity contribution in [2.24, 2.45) is 0 Å². The standard InChI is InChI=1S/C12H15NO/c13-11-7-3-1-5-9(11)10-6-2-4-8-12(10)14/h1,3,5,7,10H,2,4,6,8,13H2. The lowest BCUT2D eigenvalue weighted by Gasteiger charge is -2.21. The highest BCUT2D eigenvalue weighted by atomic mass is 16.1. The molecule has 74 valence electrons. The van der Waals surface area contributed by atoms with Crippen LogP contribution in [0.25, 0.3) is 0 Å². The molecule has 1 saturated carbocycles. The maximum absolute atomic E-state index is 11.7. The van der Waals surface area contributed by atoms with Crippen LogP contribution < -0.4 is 5.73 Å². The average molecular weight is 189 g/mol. The van der Waals surface area contributed by atoms with Gasteiger partial charge in [-0.1, -0.05) is 24.6 Å². The molecule has 0 amide bonds. The minimum atomic E-state index is 0.0601. The molecule has 14 heavy (non-hydrogen) atoms. The van der Waals surface area contributed by atoms with E-state index in [0.29, 0.717) is 5.78 Å². The van der Waals surface area contributed by atoms with Crippen LogP contribution in [-0.4, -0.2) is 5.78 Å². The number of ketones is 1. The molecule has 0 bridgehead atoms. The van der Waals surface area contributed by atoms with Gasteiger partial charge < -0.3 is 5.73 Å². The predicted molar refractivity (Wildman–Crippen MR) is 57.1 cm³/mol. The van der Waals surface area contributed by atoms with E-state index in [1.54, 1.807) is 0 Å². The second-order valence-electron chi connectivity index (χ2n) is 3.89. The van der Waals surface area contributed by atoms with Crippen LogP contribution >= 0.6 is 0 Å². The normalized spacial score (nSPS) is 22.3. The molecule has 1 atom stereocenters. The summed E-state index contributed by atoms with van der Waals surface area (Å²) in [7, 11) is 0. The van der Waals surface area contributed by atoms with E-state index in [1.807, 2.05) is 24.3 Å². The molecular formula is C12H15NO. The summed E-state index contributed by atoms with van der Waals surface area (Å²) in [5.74, 6) is 0.416. The van der Waals surface area contributed by atoms with Crippen molar-refractivity contribution in [3.8, 4) is 0 Å². The first-order valence-electron chi connectivity index (χ1n) is 5.16. The highest BCUT2D eigenvalue weighted by Crippen LogP contribution is 2.32. The molecule has 0 radical (unpaired) electrons. The highest BCUT2D eigenvalue weighted by Gasteiger charge is 2.24. The number of rotatable bonds is 1. The van der Waals surface area contributed by atoms with Gasteiger partial charge >= 0.3 is 0 Å². The minimum Gasteiger partial charge on any atom is -0.398 e. The summed E-state index contributed by atoms with van der Waals surface area (Å²) >= 11 is 0. The van der Waals surface area contributed by atoms with Gasteiger partial charge in [-0.15, -0.1) is 0 Å². The summed E-state index contributed by atoms with van der Waals surface area (Å²) < 4.78 is 0. The fourth-order valence-electron chi connectivity index (χ4n) is 2.14. The van der Waals surface area contributed by atoms with Crippen LogP contribution in [0.3, 0.4) is 0 Å². The van der Waals surface area contributed by atoms with Gasteiger partial charge in [0.2, 0.25) is 0 Å². The highest BCUT2D eigenvalue weighted by molar-refractivity contribution is 5.87. The zero-order valence-electron chi connectivity index (χ0n) is 8.20. The van der Waals surface area contributed by atoms with Crippen molar-refractivity contribution in [1.82, 2.24) is 0 Å². The van der Waals surface area contributed by atoms with E-state index >= 15 is 0 Å². The first kappa shape index (κ1) is 9.25. The molecule has 0 heterocycles. The molecule has 2 heteroatoms. The lowest BCUT2D eigenvalue weighted by Crippen LogP contribution is -2.18. The Hall–Kier alpha value is -1.31. The molecule has 0 spiro atoms. The van der Waals surface area contributed by atoms with Gasteiger partial charge in [0.1, 0.15) is 5.78 Å². The van der Waals surface area contributed by atoms with Gasteiger partial charge in [-0.2, -0.15) is 0 Å². The van der Waals surface area contributed by atoms with E-state index < -0.39 is 0 Å². The predicted octanol–water partition coefficient (Wildman–Crippen LogP) is 2.50. The lowest BCUT2D eigenvalue weighted by molar-refractivity contribution is -0.121. The van der Waals surface area contributed by atoms with Crippen LogP contribution in [0.15, 0.2) is 24.3 Å². The summed E-state index contributed by atoms with van der Waals surface area (Å²) in [5, 5.41) is 0. The molecule has 0 aromatic heterocycles. The van der Waals surface area contributed by atoms with Gasteiger partial charge in [0, 0.05) is 18.0 Å². The van der Waals surface area contributed by atoms with Gasteiger partial charge in [-0.25, -0.2) is 0 Å². The van der Waals surface area contributed by atoms with Crippen LogP contribution in [0.2, 0.25) is 0 Å². The topological polar surface area (TPSA) is 43.1 Å². The average Bonchev–Trinajstić information content (AvgIpc) is 2.20. The number of hydrogen-bond acceptors (Lipinski definition) is 2. The van der Waals surface area contributed by atoms with Crippen LogP contribution in [0, 0.1) is 0 Å². The van der Waals surface area contributed by atoms with E-state index in [1.165, 1.54) is 0 Å². The van der Waals surface area contributed by atoms with E-state index in [-0.39, 0.29) is 5.92 Å². The fraction of sp³-hybridized carbons (Fsp3) is 0.417. The van der Waals surface area contributed by atoms with Crippen molar-refractivity contribution in [2.75, 3.05) is 5.73 Å². The molecule has 1 aliphatic rings. The van der Waals surface area contributed by atoms with E-state index in [4.69, 9.17) is 5.73 Å². The third-order valence-electron chi connectivity index (χ3n) is 2.93. The molecule has 1 fully saturated rings. The van der Waals surface area contributed by atoms with Crippen LogP contribution in [0.4, 0.5) is 5.69 Å². The van der Waals surface area contributed by atoms with E-state index in [2.05, 4.69) is 0 Å². The Labute approximate surface area is 84.1 Å². The number of hydrogen-bond donors (Lipinski definition) is 1. The van der Waals surface area contributed by atoms with Crippen molar-refractivity contribution in [3.63, 3.8) is 0 Å². The van der Waals surface area contributed by atoms with Gasteiger partial charge in [0.05, 0.1) is 0 Å². The van der Waals surface area contributed by atoms with Gasteiger partial charge in [-0.05, 0) is 24.5 Å². The number of nitrogens with two attached hydrogens (primary N) is 1. The SMILES string of the molecule is Nc1ccccc1C1CCCCC1=O. The Morgan fingerprint density at radius 1 is 1.21 bits per heavy atom. The van der Waals surface area contributed by atoms with Crippen molar-refractivity contribution in [3.05, 3.63) is 29.8 Å². The van der Waals surface area contributed by atoms with Gasteiger partial charge in [0.15, 0.2) is 0 Å². The molecule has 1 aromatic rings. The van der Waals surface area contributed by atoms with Crippen LogP contribution in [0.5, 0.6) is 0 Å². The summed E-state index contributed by atoms with van der Waals surface area (Å²) in [4.78, 5) is 11.7. The van der Waals surface area contributed by atoms with Crippen LogP contribution in [-0.2, 0) is 4.79 Å². The Morgan fingerprint density at radius 3 is 2.71 bits per heavy atom. The molecule has 2 N–H and O–H groups in total. The Morgan fingerprint density at radius 2 is 2.00 bits per heavy atom. The molecule has 2 rings (SSSR count). The van der Waals surface area contributed by atoms with Crippen molar-refractivity contribution in [1.29, 1.82) is 0 Å². The van der Waals surface area contributed by atoms with Crippen molar-refractivity contribution >= 4 is 11.5 Å². The quantitative estimate of drug-likeness (QED) is 0.690. The largest absolute Gasteiger partial charge is 0.398 e. The maximum atomic E-state index is 11.7. The smallest absolute Gasteiger partial charge is 0.140 e. The number of para-hydroxylation sites is 1. The lowest BCUT2D eigenvalue weighted by atomic mass is 9.82. The van der Waals surface area contributed by atoms with Crippen molar-refractivity contribution in [2.45, 2.75) is 31.6 Å². The second-order valence-corrected chi connectivity index (χ2v) is 3.89. The summed E-state index contributed by atoms with van der Waals surface area (Å²) in [5.41, 5.74) is 7.64. The summed E-state index contributed by atoms with van der Waals surface area (Å²) in [6.07, 6.45) is 3.87. The summed E-state index contributed by atoms with van der Waals surface area (Å²) in [6, 6.07) is 7.71. The van der Waals surface area contributed by atoms with Crippen LogP contribution in [0.1, 0.15) is 37.2 Å². The first-order chi connectivity index (χ1) is 6.79. The number of carbonyl (C=O) groups is 1. The number of benzene rings is 1. The zero-order valence-corrected chi connectivity index (χ0v) is 8.20. The van der Waals surface area contributed by atoms with Gasteiger partial charge in [-0.3, -0.25) is 4.79 Å². The van der Waals surface area contributed by atoms with Gasteiger partial charge in [0.25, 0.3) is 0 Å². The van der Waals surface area contributed by atoms with Crippen molar-refractivity contribution < 1.29 is 4.79 Å². The molecule has 0 aliphatic heterocycles. The Balaban J connectivity index is 2.29. The minimum absolute atomic E-state index is 0.0601. The monoisotopic (exact) mass is 189 g/mol. The number of nitrogen functional groups attached to an aromatic ring is 1. The third-order valence-corrected chi connectivity index (χ3v) is 2.93. The van der Waals surface area contributed by atoms with E-state index in [9.17, 15) is 4.79 Å². The number of carbonyl (C=O) groups excluding carboxylic acids is 1. The second kappa shape index (κ2) is 3.82. The third kappa shape index (κ3) is 1.65. The molecule has 0 saturated heterocycles. The molecule has 2 nitrogen and oxygen atoms in total. The summed E-state index contributed by atoms with van der Waals surface area (Å²) in [6.45, 7) is 0. The van der Waals surface area contributed by atoms with E-state index in [0.717, 1.165) is 36.9 Å². The molecule has 1 aromatic carbocycles.